The van der Waals surface area contributed by atoms with Gasteiger partial charge >= 0.3 is 6.03 Å². The number of thiophene rings is 1. The van der Waals surface area contributed by atoms with Crippen LogP contribution in [-0.4, -0.2) is 32.8 Å². The van der Waals surface area contributed by atoms with Crippen molar-refractivity contribution in [3.63, 3.8) is 0 Å². The molecule has 0 spiro atoms. The van der Waals surface area contributed by atoms with Crippen molar-refractivity contribution in [1.29, 1.82) is 0 Å². The number of hydrogen-bond donors (Lipinski definition) is 3. The topological polar surface area (TPSA) is 125 Å². The number of benzene rings is 2. The lowest BCUT2D eigenvalue weighted by molar-refractivity contribution is -0.117. The third-order valence-electron chi connectivity index (χ3n) is 5.77. The zero-order valence-electron chi connectivity index (χ0n) is 18.3. The van der Waals surface area contributed by atoms with Gasteiger partial charge in [-0.05, 0) is 72.5 Å². The van der Waals surface area contributed by atoms with Crippen molar-refractivity contribution >= 4 is 67.9 Å². The summed E-state index contributed by atoms with van der Waals surface area (Å²) in [6.07, 6.45) is 0.920. The van der Waals surface area contributed by atoms with Crippen molar-refractivity contribution < 1.29 is 22.8 Å². The maximum atomic E-state index is 13.1. The summed E-state index contributed by atoms with van der Waals surface area (Å²) >= 11 is 6.78. The van der Waals surface area contributed by atoms with Crippen molar-refractivity contribution in [2.75, 3.05) is 22.1 Å². The van der Waals surface area contributed by atoms with Gasteiger partial charge in [0.2, 0.25) is 5.91 Å². The van der Waals surface area contributed by atoms with Gasteiger partial charge in [0.15, 0.2) is 0 Å². The molecular formula is C23H19ClN4O5S2. The number of urea groups is 1. The van der Waals surface area contributed by atoms with E-state index in [2.05, 4.69) is 10.6 Å². The minimum atomic E-state index is -4.08. The van der Waals surface area contributed by atoms with Gasteiger partial charge in [-0.1, -0.05) is 11.6 Å². The lowest BCUT2D eigenvalue weighted by Gasteiger charge is -2.27. The summed E-state index contributed by atoms with van der Waals surface area (Å²) in [5.74, 6) is -0.754. The highest BCUT2D eigenvalue weighted by Gasteiger charge is 2.33. The molecule has 180 valence electrons. The number of imide groups is 1. The molecule has 5 rings (SSSR count). The Morgan fingerprint density at radius 2 is 1.86 bits per heavy atom. The molecule has 3 N–H and O–H groups in total. The minimum absolute atomic E-state index is 0.0747. The molecule has 0 fully saturated rings. The number of aryl methyl sites for hydroxylation is 1. The van der Waals surface area contributed by atoms with E-state index in [9.17, 15) is 22.8 Å². The first-order chi connectivity index (χ1) is 16.6. The number of carbonyl (C=O) groups is 3. The smallest absolute Gasteiger partial charge is 0.333 e. The molecule has 1 aromatic heterocycles. The number of anilines is 3. The molecule has 0 saturated carbocycles. The second kappa shape index (κ2) is 8.67. The molecule has 4 amide bonds. The van der Waals surface area contributed by atoms with E-state index in [0.29, 0.717) is 26.7 Å². The highest BCUT2D eigenvalue weighted by molar-refractivity contribution is 7.92. The molecule has 2 aromatic carbocycles. The molecule has 3 aromatic rings. The zero-order valence-corrected chi connectivity index (χ0v) is 20.7. The number of hydrogen-bond acceptors (Lipinski definition) is 7. The van der Waals surface area contributed by atoms with Gasteiger partial charge in [0, 0.05) is 23.5 Å². The molecule has 2 aliphatic heterocycles. The Bertz CT molecular complexity index is 1480. The van der Waals surface area contributed by atoms with Crippen molar-refractivity contribution in [3.8, 4) is 0 Å². The molecule has 3 heterocycles. The number of amides is 4. The Kier molecular flexibility index (Phi) is 5.78. The average Bonchev–Trinajstić information content (AvgIpc) is 3.39. The third kappa shape index (κ3) is 4.38. The second-order valence-electron chi connectivity index (χ2n) is 8.18. The standard InChI is InChI=1S/C23H19ClN4O5S2/c1-12-8-20(34-21(12)24)35(32,33)27-23(31)26-15-2-4-16(5-3-15)28-19(29)11-14-10-18-13(6-7-25-18)9-17(14)22(28)30/h2-5,8-10,25H,6-7,11H2,1H3,(H2,26,27,31). The summed E-state index contributed by atoms with van der Waals surface area (Å²) in [5, 5.41) is 5.69. The molecule has 2 aliphatic rings. The van der Waals surface area contributed by atoms with E-state index in [1.54, 1.807) is 6.92 Å². The van der Waals surface area contributed by atoms with E-state index in [1.807, 2.05) is 16.9 Å². The van der Waals surface area contributed by atoms with Crippen molar-refractivity contribution in [3.05, 3.63) is 69.1 Å². The SMILES string of the molecule is Cc1cc(S(=O)(=O)NC(=O)Nc2ccc(N3C(=O)Cc4cc5c(cc4C3=O)CCN5)cc2)sc1Cl. The summed E-state index contributed by atoms with van der Waals surface area (Å²) in [4.78, 5) is 39.3. The third-order valence-corrected chi connectivity index (χ3v) is 9.13. The van der Waals surface area contributed by atoms with Crippen LogP contribution in [0.4, 0.5) is 21.9 Å². The van der Waals surface area contributed by atoms with Crippen LogP contribution in [0.1, 0.15) is 27.0 Å². The normalized spacial score (nSPS) is 14.9. The number of nitrogens with one attached hydrogen (secondary N) is 3. The number of sulfonamides is 1. The highest BCUT2D eigenvalue weighted by Crippen LogP contribution is 2.33. The zero-order chi connectivity index (χ0) is 24.9. The van der Waals surface area contributed by atoms with Crippen LogP contribution < -0.4 is 20.3 Å². The van der Waals surface area contributed by atoms with Crippen LogP contribution in [0, 0.1) is 6.92 Å². The first kappa shape index (κ1) is 23.3. The molecule has 0 radical (unpaired) electrons. The summed E-state index contributed by atoms with van der Waals surface area (Å²) in [5.41, 5.74) is 4.44. The molecule has 0 saturated heterocycles. The molecular weight excluding hydrogens is 512 g/mol. The summed E-state index contributed by atoms with van der Waals surface area (Å²) in [6.45, 7) is 2.47. The van der Waals surface area contributed by atoms with Gasteiger partial charge < -0.3 is 10.6 Å². The maximum Gasteiger partial charge on any atom is 0.333 e. The van der Waals surface area contributed by atoms with Crippen molar-refractivity contribution in [2.24, 2.45) is 0 Å². The molecule has 0 aliphatic carbocycles. The number of fused-ring (bicyclic) bond motifs is 2. The predicted octanol–water partition coefficient (Wildman–Crippen LogP) is 3.92. The van der Waals surface area contributed by atoms with E-state index >= 15 is 0 Å². The Balaban J connectivity index is 1.30. The van der Waals surface area contributed by atoms with Crippen molar-refractivity contribution in [2.45, 2.75) is 24.0 Å². The van der Waals surface area contributed by atoms with Crippen LogP contribution in [0.5, 0.6) is 0 Å². The lowest BCUT2D eigenvalue weighted by Crippen LogP contribution is -2.42. The Labute approximate surface area is 210 Å². The van der Waals surface area contributed by atoms with Gasteiger partial charge in [-0.2, -0.15) is 0 Å². The van der Waals surface area contributed by atoms with Crippen LogP contribution in [0.2, 0.25) is 4.34 Å². The maximum absolute atomic E-state index is 13.1. The summed E-state index contributed by atoms with van der Waals surface area (Å²) in [6, 6.07) is 10.1. The highest BCUT2D eigenvalue weighted by atomic mass is 35.5. The number of halogens is 1. The Morgan fingerprint density at radius 3 is 2.54 bits per heavy atom. The Morgan fingerprint density at radius 1 is 1.11 bits per heavy atom. The molecule has 0 bridgehead atoms. The van der Waals surface area contributed by atoms with Gasteiger partial charge in [-0.3, -0.25) is 9.59 Å². The summed E-state index contributed by atoms with van der Waals surface area (Å²) in [7, 11) is -4.08. The summed E-state index contributed by atoms with van der Waals surface area (Å²) < 4.78 is 27.0. The van der Waals surface area contributed by atoms with Crippen LogP contribution in [-0.2, 0) is 27.7 Å². The van der Waals surface area contributed by atoms with Crippen LogP contribution in [0.25, 0.3) is 0 Å². The fraction of sp³-hybridized carbons (Fsp3) is 0.174. The fourth-order valence-electron chi connectivity index (χ4n) is 4.06. The van der Waals surface area contributed by atoms with Gasteiger partial charge in [-0.25, -0.2) is 22.8 Å². The van der Waals surface area contributed by atoms with Gasteiger partial charge in [-0.15, -0.1) is 11.3 Å². The molecule has 35 heavy (non-hydrogen) atoms. The quantitative estimate of drug-likeness (QED) is 0.439. The molecule has 9 nitrogen and oxygen atoms in total. The first-order valence-electron chi connectivity index (χ1n) is 10.6. The van der Waals surface area contributed by atoms with E-state index in [4.69, 9.17) is 11.6 Å². The monoisotopic (exact) mass is 530 g/mol. The van der Waals surface area contributed by atoms with E-state index < -0.39 is 22.0 Å². The predicted molar refractivity (Wildman–Crippen MR) is 134 cm³/mol. The second-order valence-corrected chi connectivity index (χ2v) is 11.7. The number of rotatable bonds is 4. The number of nitrogens with zero attached hydrogens (tertiary/aromatic N) is 1. The Hall–Kier alpha value is -3.41. The van der Waals surface area contributed by atoms with E-state index in [1.165, 1.54) is 30.3 Å². The fourth-order valence-corrected chi connectivity index (χ4v) is 6.68. The van der Waals surface area contributed by atoms with Gasteiger partial charge in [0.25, 0.3) is 15.9 Å². The molecule has 0 unspecified atom stereocenters. The van der Waals surface area contributed by atoms with E-state index in [-0.39, 0.29) is 22.2 Å². The minimum Gasteiger partial charge on any atom is -0.384 e. The van der Waals surface area contributed by atoms with Crippen LogP contribution >= 0.6 is 22.9 Å². The largest absolute Gasteiger partial charge is 0.384 e. The molecule has 0 atom stereocenters. The molecule has 12 heteroatoms. The number of carbonyl (C=O) groups excluding carboxylic acids is 3. The van der Waals surface area contributed by atoms with Gasteiger partial charge in [0.1, 0.15) is 4.21 Å². The van der Waals surface area contributed by atoms with E-state index in [0.717, 1.165) is 40.5 Å². The lowest BCUT2D eigenvalue weighted by atomic mass is 9.94. The van der Waals surface area contributed by atoms with Crippen LogP contribution in [0.15, 0.2) is 46.7 Å². The average molecular weight is 531 g/mol. The van der Waals surface area contributed by atoms with Gasteiger partial charge in [0.05, 0.1) is 16.4 Å². The first-order valence-corrected chi connectivity index (χ1v) is 13.3. The van der Waals surface area contributed by atoms with Crippen LogP contribution in [0.3, 0.4) is 0 Å². The van der Waals surface area contributed by atoms with Crippen molar-refractivity contribution in [1.82, 2.24) is 4.72 Å².